The Morgan fingerprint density at radius 2 is 2.33 bits per heavy atom. The third kappa shape index (κ3) is 2.01. The summed E-state index contributed by atoms with van der Waals surface area (Å²) >= 11 is 0. The number of carbonyl (C=O) groups excluding carboxylic acids is 1. The van der Waals surface area contributed by atoms with Gasteiger partial charge in [-0.05, 0) is 12.8 Å². The van der Waals surface area contributed by atoms with E-state index in [1.165, 1.54) is 0 Å². The summed E-state index contributed by atoms with van der Waals surface area (Å²) in [5, 5.41) is 8.82. The summed E-state index contributed by atoms with van der Waals surface area (Å²) in [5.41, 5.74) is 0. The van der Waals surface area contributed by atoms with Crippen molar-refractivity contribution < 1.29 is 14.6 Å². The maximum atomic E-state index is 10.5. The van der Waals surface area contributed by atoms with Gasteiger partial charge in [0.25, 0.3) is 0 Å². The fourth-order valence-corrected chi connectivity index (χ4v) is 0.858. The first-order chi connectivity index (χ1) is 4.29. The molecule has 3 heteroatoms. The van der Waals surface area contributed by atoms with Gasteiger partial charge in [-0.1, -0.05) is 0 Å². The molecule has 1 aliphatic rings. The molecule has 52 valence electrons. The van der Waals surface area contributed by atoms with Crippen LogP contribution in [0.5, 0.6) is 0 Å². The lowest BCUT2D eigenvalue weighted by Gasteiger charge is -2.05. The van der Waals surface area contributed by atoms with Gasteiger partial charge in [0.15, 0.2) is 0 Å². The normalized spacial score (nSPS) is 29.0. The van der Waals surface area contributed by atoms with Gasteiger partial charge < -0.3 is 9.84 Å². The number of aliphatic hydroxyl groups excluding tert-OH is 1. The van der Waals surface area contributed by atoms with Crippen LogP contribution in [-0.2, 0) is 9.53 Å². The van der Waals surface area contributed by atoms with Gasteiger partial charge in [0.05, 0.1) is 0 Å². The van der Waals surface area contributed by atoms with Crippen molar-refractivity contribution in [3.63, 3.8) is 0 Å². The summed E-state index contributed by atoms with van der Waals surface area (Å²) in [6, 6.07) is 0. The van der Waals surface area contributed by atoms with Crippen LogP contribution in [0.1, 0.15) is 25.7 Å². The van der Waals surface area contributed by atoms with Crippen LogP contribution in [0.25, 0.3) is 0 Å². The molecule has 3 nitrogen and oxygen atoms in total. The van der Waals surface area contributed by atoms with Gasteiger partial charge in [-0.15, -0.1) is 0 Å². The summed E-state index contributed by atoms with van der Waals surface area (Å²) < 4.78 is 4.53. The lowest BCUT2D eigenvalue weighted by molar-refractivity contribution is -0.165. The molecule has 1 heterocycles. The highest BCUT2D eigenvalue weighted by Crippen LogP contribution is 2.11. The fraction of sp³-hybridized carbons (Fsp3) is 0.833. The van der Waals surface area contributed by atoms with E-state index in [0.29, 0.717) is 12.8 Å². The molecule has 0 radical (unpaired) electrons. The molecule has 9 heavy (non-hydrogen) atoms. The number of carbonyl (C=O) groups is 1. The van der Waals surface area contributed by atoms with Crippen molar-refractivity contribution in [2.75, 3.05) is 0 Å². The van der Waals surface area contributed by atoms with E-state index in [9.17, 15) is 4.79 Å². The number of esters is 1. The average Bonchev–Trinajstić information content (AvgIpc) is 1.93. The Balaban J connectivity index is 2.37. The van der Waals surface area contributed by atoms with E-state index in [1.807, 2.05) is 0 Å². The van der Waals surface area contributed by atoms with Gasteiger partial charge in [0, 0.05) is 12.8 Å². The Hall–Kier alpha value is -0.570. The van der Waals surface area contributed by atoms with Crippen molar-refractivity contribution in [2.45, 2.75) is 32.0 Å². The molecule has 0 spiro atoms. The highest BCUT2D eigenvalue weighted by atomic mass is 16.6. The summed E-state index contributed by atoms with van der Waals surface area (Å²) in [4.78, 5) is 10.5. The zero-order valence-corrected chi connectivity index (χ0v) is 5.17. The maximum Gasteiger partial charge on any atom is 0.308 e. The molecule has 0 saturated carbocycles. The average molecular weight is 130 g/mol. The minimum absolute atomic E-state index is 0.278. The summed E-state index contributed by atoms with van der Waals surface area (Å²) in [6.45, 7) is 0. The van der Waals surface area contributed by atoms with Crippen LogP contribution >= 0.6 is 0 Å². The van der Waals surface area contributed by atoms with E-state index in [2.05, 4.69) is 4.74 Å². The number of hydrogen-bond acceptors (Lipinski definition) is 3. The molecule has 1 aliphatic heterocycles. The number of ether oxygens (including phenoxy) is 1. The second-order valence-electron chi connectivity index (χ2n) is 2.19. The van der Waals surface area contributed by atoms with Crippen LogP contribution < -0.4 is 0 Å². The van der Waals surface area contributed by atoms with Gasteiger partial charge in [0.1, 0.15) is 0 Å². The predicted molar refractivity (Wildman–Crippen MR) is 30.6 cm³/mol. The number of cyclic esters (lactones) is 1. The Labute approximate surface area is 53.6 Å². The lowest BCUT2D eigenvalue weighted by Crippen LogP contribution is -2.13. The van der Waals surface area contributed by atoms with Crippen LogP contribution in [0, 0.1) is 0 Å². The molecular weight excluding hydrogens is 120 g/mol. The molecule has 0 aromatic carbocycles. The van der Waals surface area contributed by atoms with Crippen molar-refractivity contribution in [1.82, 2.24) is 0 Å². The molecule has 0 aromatic rings. The van der Waals surface area contributed by atoms with E-state index in [0.717, 1.165) is 12.8 Å². The monoisotopic (exact) mass is 130 g/mol. The highest BCUT2D eigenvalue weighted by Gasteiger charge is 2.14. The van der Waals surface area contributed by atoms with E-state index in [4.69, 9.17) is 5.11 Å². The zero-order valence-electron chi connectivity index (χ0n) is 5.17. The first-order valence-electron chi connectivity index (χ1n) is 3.16. The fourth-order valence-electron chi connectivity index (χ4n) is 0.858. The maximum absolute atomic E-state index is 10.5. The van der Waals surface area contributed by atoms with Gasteiger partial charge in [-0.2, -0.15) is 0 Å². The Kier molecular flexibility index (Phi) is 2.05. The molecule has 1 rings (SSSR count). The third-order valence-corrected chi connectivity index (χ3v) is 1.35. The Bertz CT molecular complexity index is 111. The quantitative estimate of drug-likeness (QED) is 0.483. The van der Waals surface area contributed by atoms with Crippen LogP contribution in [0.15, 0.2) is 0 Å². The first kappa shape index (κ1) is 6.55. The second kappa shape index (κ2) is 2.82. The van der Waals surface area contributed by atoms with Crippen molar-refractivity contribution in [3.05, 3.63) is 0 Å². The number of rotatable bonds is 0. The van der Waals surface area contributed by atoms with Crippen molar-refractivity contribution in [3.8, 4) is 0 Å². The highest BCUT2D eigenvalue weighted by molar-refractivity contribution is 5.69. The topological polar surface area (TPSA) is 46.5 Å². The molecular formula is C6H10O3. The first-order valence-corrected chi connectivity index (χ1v) is 3.16. The van der Waals surface area contributed by atoms with Crippen LogP contribution in [0.3, 0.4) is 0 Å². The van der Waals surface area contributed by atoms with E-state index >= 15 is 0 Å². The summed E-state index contributed by atoms with van der Waals surface area (Å²) in [6.07, 6.45) is 1.92. The molecule has 0 unspecified atom stereocenters. The van der Waals surface area contributed by atoms with Gasteiger partial charge in [-0.3, -0.25) is 4.79 Å². The SMILES string of the molecule is O=C1CCCC[C@H](O)O1. The smallest absolute Gasteiger partial charge is 0.308 e. The van der Waals surface area contributed by atoms with Crippen LogP contribution in [0.4, 0.5) is 0 Å². The minimum Gasteiger partial charge on any atom is -0.436 e. The van der Waals surface area contributed by atoms with E-state index < -0.39 is 6.29 Å². The molecule has 1 saturated heterocycles. The lowest BCUT2D eigenvalue weighted by atomic mass is 10.2. The standard InChI is InChI=1S/C6H10O3/c7-5-3-1-2-4-6(8)9-5/h5,7H,1-4H2/t5-/m1/s1. The molecule has 1 N–H and O–H groups in total. The largest absolute Gasteiger partial charge is 0.436 e. The second-order valence-corrected chi connectivity index (χ2v) is 2.19. The number of hydrogen-bond donors (Lipinski definition) is 1. The molecule has 1 fully saturated rings. The molecule has 0 aromatic heterocycles. The van der Waals surface area contributed by atoms with E-state index in [-0.39, 0.29) is 5.97 Å². The van der Waals surface area contributed by atoms with Crippen molar-refractivity contribution >= 4 is 5.97 Å². The zero-order chi connectivity index (χ0) is 6.69. The summed E-state index contributed by atoms with van der Waals surface area (Å²) in [5.74, 6) is -0.278. The molecule has 0 amide bonds. The summed E-state index contributed by atoms with van der Waals surface area (Å²) in [7, 11) is 0. The van der Waals surface area contributed by atoms with Crippen LogP contribution in [-0.4, -0.2) is 17.4 Å². The van der Waals surface area contributed by atoms with E-state index in [1.54, 1.807) is 0 Å². The Morgan fingerprint density at radius 1 is 1.56 bits per heavy atom. The third-order valence-electron chi connectivity index (χ3n) is 1.35. The molecule has 0 aliphatic carbocycles. The van der Waals surface area contributed by atoms with Crippen molar-refractivity contribution in [2.24, 2.45) is 0 Å². The predicted octanol–water partition coefficient (Wildman–Crippen LogP) is 0.422. The van der Waals surface area contributed by atoms with Gasteiger partial charge in [0.2, 0.25) is 6.29 Å². The Morgan fingerprint density at radius 3 is 3.11 bits per heavy atom. The number of aliphatic hydroxyl groups is 1. The van der Waals surface area contributed by atoms with Gasteiger partial charge >= 0.3 is 5.97 Å². The molecule has 0 bridgehead atoms. The van der Waals surface area contributed by atoms with Crippen molar-refractivity contribution in [1.29, 1.82) is 0 Å². The molecule has 1 atom stereocenters. The van der Waals surface area contributed by atoms with Crippen LogP contribution in [0.2, 0.25) is 0 Å². The van der Waals surface area contributed by atoms with Gasteiger partial charge in [-0.25, -0.2) is 0 Å². The minimum atomic E-state index is -0.847.